The van der Waals surface area contributed by atoms with Crippen molar-refractivity contribution >= 4 is 11.8 Å². The molecule has 0 aromatic heterocycles. The van der Waals surface area contributed by atoms with E-state index in [-0.39, 0.29) is 29.4 Å². The van der Waals surface area contributed by atoms with Gasteiger partial charge in [-0.05, 0) is 71.8 Å². The maximum atomic E-state index is 13.4. The summed E-state index contributed by atoms with van der Waals surface area (Å²) < 4.78 is 0. The minimum absolute atomic E-state index is 0.0668. The van der Waals surface area contributed by atoms with Crippen molar-refractivity contribution < 1.29 is 9.59 Å². The zero-order chi connectivity index (χ0) is 23.9. The van der Waals surface area contributed by atoms with Crippen LogP contribution in [0.4, 0.5) is 0 Å². The van der Waals surface area contributed by atoms with Gasteiger partial charge in [0.1, 0.15) is 6.04 Å². The van der Waals surface area contributed by atoms with Gasteiger partial charge in [-0.25, -0.2) is 0 Å². The van der Waals surface area contributed by atoms with Gasteiger partial charge in [0.05, 0.1) is 12.0 Å². The average Bonchev–Trinajstić information content (AvgIpc) is 3.25. The number of aryl methyl sites for hydroxylation is 1. The average molecular weight is 468 g/mol. The molecule has 4 saturated heterocycles. The van der Waals surface area contributed by atoms with Crippen molar-refractivity contribution in [3.8, 4) is 0 Å². The minimum Gasteiger partial charge on any atom is -0.348 e. The zero-order valence-electron chi connectivity index (χ0n) is 21.1. The number of amides is 2. The first-order valence-corrected chi connectivity index (χ1v) is 13.1. The van der Waals surface area contributed by atoms with Crippen molar-refractivity contribution in [2.75, 3.05) is 46.8 Å². The maximum absolute atomic E-state index is 13.4. The third-order valence-corrected chi connectivity index (χ3v) is 8.96. The Labute approximate surface area is 204 Å². The number of carbonyl (C=O) groups is 2. The summed E-state index contributed by atoms with van der Waals surface area (Å²) >= 11 is 0. The van der Waals surface area contributed by atoms with Gasteiger partial charge in [0.15, 0.2) is 0 Å². The molecule has 1 aromatic rings. The van der Waals surface area contributed by atoms with Crippen molar-refractivity contribution in [2.45, 2.75) is 75.7 Å². The first kappa shape index (κ1) is 23.8. The van der Waals surface area contributed by atoms with Crippen LogP contribution in [0.3, 0.4) is 0 Å². The highest BCUT2D eigenvalue weighted by atomic mass is 16.2. The van der Waals surface area contributed by atoms with E-state index in [2.05, 4.69) is 65.3 Å². The van der Waals surface area contributed by atoms with Crippen LogP contribution in [0.25, 0.3) is 0 Å². The number of nitrogens with zero attached hydrogens (tertiary/aromatic N) is 4. The number of nitrogens with one attached hydrogen (secondary N) is 1. The van der Waals surface area contributed by atoms with Crippen LogP contribution < -0.4 is 5.32 Å². The molecule has 34 heavy (non-hydrogen) atoms. The fourth-order valence-corrected chi connectivity index (χ4v) is 6.51. The van der Waals surface area contributed by atoms with Crippen LogP contribution in [0, 0.1) is 6.92 Å². The highest BCUT2D eigenvalue weighted by Crippen LogP contribution is 2.34. The third-order valence-electron chi connectivity index (χ3n) is 8.96. The Morgan fingerprint density at radius 3 is 2.38 bits per heavy atom. The lowest BCUT2D eigenvalue weighted by Crippen LogP contribution is -2.56. The molecule has 5 rings (SSSR count). The van der Waals surface area contributed by atoms with Gasteiger partial charge in [0.2, 0.25) is 11.8 Å². The number of hydrogen-bond donors (Lipinski definition) is 1. The smallest absolute Gasteiger partial charge is 0.243 e. The van der Waals surface area contributed by atoms with E-state index in [9.17, 15) is 9.59 Å². The molecular formula is C27H41N5O2. The SMILES string of the molecule is Cc1ccc(CN2CCC3(CC2)CC(=O)N2C[C@@H](N(C)C4CCN(C)CC4)C[C@H]2C(=O)N3)cc1. The standard InChI is InChI=1S/C27H41N5O2/c1-20-4-6-21(7-5-20)18-31-14-10-27(11-15-31)17-25(33)32-19-23(16-24(32)26(34)28-27)30(3)22-8-12-29(2)13-9-22/h4-7,22-24H,8-19H2,1-3H3,(H,28,34)/t23-,24-/m0/s1. The molecule has 0 radical (unpaired) electrons. The molecule has 0 bridgehead atoms. The maximum Gasteiger partial charge on any atom is 0.243 e. The molecule has 0 unspecified atom stereocenters. The van der Waals surface area contributed by atoms with Crippen LogP contribution in [0.5, 0.6) is 0 Å². The normalized spacial score (nSPS) is 28.9. The third kappa shape index (κ3) is 4.88. The van der Waals surface area contributed by atoms with E-state index in [0.717, 1.165) is 64.8 Å². The molecule has 2 atom stereocenters. The van der Waals surface area contributed by atoms with E-state index in [1.54, 1.807) is 0 Å². The molecule has 4 fully saturated rings. The Morgan fingerprint density at radius 2 is 1.71 bits per heavy atom. The first-order chi connectivity index (χ1) is 16.3. The summed E-state index contributed by atoms with van der Waals surface area (Å²) in [6.07, 6.45) is 5.22. The molecule has 0 aliphatic carbocycles. The van der Waals surface area contributed by atoms with Crippen molar-refractivity contribution in [3.63, 3.8) is 0 Å². The zero-order valence-corrected chi connectivity index (χ0v) is 21.1. The molecule has 186 valence electrons. The Bertz CT molecular complexity index is 859. The molecule has 7 heteroatoms. The summed E-state index contributed by atoms with van der Waals surface area (Å²) in [5.74, 6) is 0.228. The number of hydrogen-bond acceptors (Lipinski definition) is 5. The Hall–Kier alpha value is -1.96. The number of piperidine rings is 2. The minimum atomic E-state index is -0.377. The van der Waals surface area contributed by atoms with Crippen LogP contribution in [-0.2, 0) is 16.1 Å². The van der Waals surface area contributed by atoms with Crippen molar-refractivity contribution in [1.29, 1.82) is 0 Å². The van der Waals surface area contributed by atoms with Crippen LogP contribution in [0.15, 0.2) is 24.3 Å². The van der Waals surface area contributed by atoms with E-state index >= 15 is 0 Å². The fraction of sp³-hybridized carbons (Fsp3) is 0.704. The number of benzene rings is 1. The number of carbonyl (C=O) groups excluding carboxylic acids is 2. The van der Waals surface area contributed by atoms with Crippen LogP contribution in [-0.4, -0.2) is 102 Å². The summed E-state index contributed by atoms with van der Waals surface area (Å²) in [6.45, 7) is 7.80. The van der Waals surface area contributed by atoms with Crippen molar-refractivity contribution in [3.05, 3.63) is 35.4 Å². The number of likely N-dealkylation sites (tertiary alicyclic amines) is 2. The van der Waals surface area contributed by atoms with Crippen LogP contribution in [0.2, 0.25) is 0 Å². The molecule has 4 aliphatic heterocycles. The summed E-state index contributed by atoms with van der Waals surface area (Å²) in [4.78, 5) is 36.0. The van der Waals surface area contributed by atoms with Gasteiger partial charge in [-0.2, -0.15) is 0 Å². The molecule has 1 N–H and O–H groups in total. The molecular weight excluding hydrogens is 426 g/mol. The second-order valence-corrected chi connectivity index (χ2v) is 11.4. The lowest BCUT2D eigenvalue weighted by Gasteiger charge is -2.41. The molecule has 7 nitrogen and oxygen atoms in total. The Balaban J connectivity index is 1.19. The number of fused-ring (bicyclic) bond motifs is 1. The fourth-order valence-electron chi connectivity index (χ4n) is 6.51. The summed E-state index contributed by atoms with van der Waals surface area (Å²) in [5.41, 5.74) is 2.22. The highest BCUT2D eigenvalue weighted by Gasteiger charge is 2.49. The molecule has 2 amide bonds. The van der Waals surface area contributed by atoms with Gasteiger partial charge in [-0.3, -0.25) is 19.4 Å². The summed E-state index contributed by atoms with van der Waals surface area (Å²) in [6, 6.07) is 9.24. The Kier molecular flexibility index (Phi) is 6.70. The van der Waals surface area contributed by atoms with Crippen LogP contribution in [0.1, 0.15) is 49.7 Å². The topological polar surface area (TPSA) is 59.1 Å². The number of rotatable bonds is 4. The second-order valence-electron chi connectivity index (χ2n) is 11.4. The Morgan fingerprint density at radius 1 is 1.03 bits per heavy atom. The van der Waals surface area contributed by atoms with E-state index in [0.29, 0.717) is 19.0 Å². The largest absolute Gasteiger partial charge is 0.348 e. The van der Waals surface area contributed by atoms with Crippen LogP contribution >= 0.6 is 0 Å². The van der Waals surface area contributed by atoms with E-state index < -0.39 is 0 Å². The van der Waals surface area contributed by atoms with Gasteiger partial charge >= 0.3 is 0 Å². The first-order valence-electron chi connectivity index (χ1n) is 13.1. The molecule has 4 aliphatic rings. The summed E-state index contributed by atoms with van der Waals surface area (Å²) in [5, 5.41) is 3.38. The van der Waals surface area contributed by atoms with E-state index in [1.807, 2.05) is 4.90 Å². The number of likely N-dealkylation sites (N-methyl/N-ethyl adjacent to an activating group) is 1. The second kappa shape index (κ2) is 9.59. The van der Waals surface area contributed by atoms with Gasteiger partial charge in [0, 0.05) is 38.3 Å². The monoisotopic (exact) mass is 467 g/mol. The lowest BCUT2D eigenvalue weighted by molar-refractivity contribution is -0.135. The van der Waals surface area contributed by atoms with Gasteiger partial charge in [0.25, 0.3) is 0 Å². The molecule has 4 heterocycles. The highest BCUT2D eigenvalue weighted by molar-refractivity contribution is 5.92. The quantitative estimate of drug-likeness (QED) is 0.732. The lowest BCUT2D eigenvalue weighted by atomic mass is 9.83. The van der Waals surface area contributed by atoms with Gasteiger partial charge in [-0.1, -0.05) is 29.8 Å². The van der Waals surface area contributed by atoms with E-state index in [1.165, 1.54) is 11.1 Å². The van der Waals surface area contributed by atoms with Gasteiger partial charge in [-0.15, -0.1) is 0 Å². The predicted molar refractivity (Wildman–Crippen MR) is 133 cm³/mol. The molecule has 1 spiro atoms. The van der Waals surface area contributed by atoms with Gasteiger partial charge < -0.3 is 15.1 Å². The van der Waals surface area contributed by atoms with Crippen molar-refractivity contribution in [1.82, 2.24) is 24.9 Å². The molecule has 1 aromatic carbocycles. The van der Waals surface area contributed by atoms with E-state index in [4.69, 9.17) is 0 Å². The summed E-state index contributed by atoms with van der Waals surface area (Å²) in [7, 11) is 4.38. The predicted octanol–water partition coefficient (Wildman–Crippen LogP) is 1.85. The molecule has 0 saturated carbocycles. The van der Waals surface area contributed by atoms with Crippen molar-refractivity contribution in [2.24, 2.45) is 0 Å².